The smallest absolute Gasteiger partial charge is 0.264 e. The topological polar surface area (TPSA) is 86.8 Å². The van der Waals surface area contributed by atoms with Crippen LogP contribution in [-0.4, -0.2) is 44.3 Å². The van der Waals surface area contributed by atoms with Crippen LogP contribution in [0.1, 0.15) is 44.2 Å². The molecule has 0 saturated carbocycles. The number of carbonyl (C=O) groups excluding carboxylic acids is 2. The average molecular weight is 639 g/mol. The van der Waals surface area contributed by atoms with E-state index < -0.39 is 28.5 Å². The second-order valence-corrected chi connectivity index (χ2v) is 12.7. The van der Waals surface area contributed by atoms with Gasteiger partial charge in [0, 0.05) is 28.2 Å². The summed E-state index contributed by atoms with van der Waals surface area (Å²) in [6.45, 7) is 5.48. The molecule has 220 valence electrons. The van der Waals surface area contributed by atoms with Crippen molar-refractivity contribution < 1.29 is 18.0 Å². The van der Waals surface area contributed by atoms with Gasteiger partial charge in [0.1, 0.15) is 12.6 Å². The summed E-state index contributed by atoms with van der Waals surface area (Å²) in [5.41, 5.74) is 1.55. The number of unbranched alkanes of at least 4 members (excludes halogenated alkanes) is 1. The Morgan fingerprint density at radius 2 is 1.63 bits per heavy atom. The van der Waals surface area contributed by atoms with Crippen LogP contribution in [0.4, 0.5) is 5.69 Å². The zero-order valence-electron chi connectivity index (χ0n) is 23.2. The molecule has 3 aromatic carbocycles. The summed E-state index contributed by atoms with van der Waals surface area (Å²) in [5.74, 6) is -0.903. The van der Waals surface area contributed by atoms with Gasteiger partial charge in [0.2, 0.25) is 11.8 Å². The summed E-state index contributed by atoms with van der Waals surface area (Å²) >= 11 is 18.9. The molecule has 1 N–H and O–H groups in total. The van der Waals surface area contributed by atoms with Gasteiger partial charge in [0.05, 0.1) is 10.6 Å². The maximum Gasteiger partial charge on any atom is 0.264 e. The van der Waals surface area contributed by atoms with Gasteiger partial charge in [0.15, 0.2) is 0 Å². The van der Waals surface area contributed by atoms with Gasteiger partial charge in [-0.05, 0) is 67.3 Å². The number of nitrogens with zero attached hydrogens (tertiary/aromatic N) is 2. The highest BCUT2D eigenvalue weighted by atomic mass is 35.5. The van der Waals surface area contributed by atoms with Crippen LogP contribution < -0.4 is 9.62 Å². The average Bonchev–Trinajstić information content (AvgIpc) is 2.94. The monoisotopic (exact) mass is 637 g/mol. The van der Waals surface area contributed by atoms with Crippen molar-refractivity contribution in [2.24, 2.45) is 0 Å². The third-order valence-corrected chi connectivity index (χ3v) is 9.41. The lowest BCUT2D eigenvalue weighted by atomic mass is 10.1. The van der Waals surface area contributed by atoms with Crippen LogP contribution in [0.15, 0.2) is 71.6 Å². The molecule has 3 aromatic rings. The fraction of sp³-hybridized carbons (Fsp3) is 0.333. The Kier molecular flexibility index (Phi) is 11.9. The number of hydrogen-bond acceptors (Lipinski definition) is 4. The van der Waals surface area contributed by atoms with Crippen molar-refractivity contribution in [1.82, 2.24) is 10.2 Å². The molecule has 0 bridgehead atoms. The molecular weight excluding hydrogens is 605 g/mol. The Balaban J connectivity index is 2.07. The number of benzene rings is 3. The van der Waals surface area contributed by atoms with E-state index in [2.05, 4.69) is 5.32 Å². The van der Waals surface area contributed by atoms with Crippen LogP contribution in [0, 0.1) is 6.92 Å². The molecule has 0 fully saturated rings. The van der Waals surface area contributed by atoms with Gasteiger partial charge >= 0.3 is 0 Å². The molecule has 11 heteroatoms. The maximum absolute atomic E-state index is 14.1. The lowest BCUT2D eigenvalue weighted by molar-refractivity contribution is -0.140. The molecule has 0 unspecified atom stereocenters. The molecule has 0 radical (unpaired) electrons. The fourth-order valence-electron chi connectivity index (χ4n) is 4.24. The number of anilines is 1. The van der Waals surface area contributed by atoms with Gasteiger partial charge in [-0.2, -0.15) is 0 Å². The summed E-state index contributed by atoms with van der Waals surface area (Å²) in [6.07, 6.45) is 1.98. The molecule has 0 spiro atoms. The lowest BCUT2D eigenvalue weighted by Gasteiger charge is -2.33. The van der Waals surface area contributed by atoms with E-state index in [1.165, 1.54) is 23.1 Å². The molecule has 0 aromatic heterocycles. The largest absolute Gasteiger partial charge is 0.354 e. The van der Waals surface area contributed by atoms with Gasteiger partial charge < -0.3 is 10.2 Å². The second-order valence-electron chi connectivity index (χ2n) is 9.58. The minimum atomic E-state index is -4.19. The number of rotatable bonds is 13. The van der Waals surface area contributed by atoms with E-state index in [4.69, 9.17) is 34.8 Å². The standard InChI is InChI=1S/C30H34Cl3N3O4S/c1-4-6-16-34-30(38)28(5-2)35(19-22-13-14-23(31)17-27(22)33)29(37)20-36(24-15-12-21(3)26(32)18-24)41(39,40)25-10-8-7-9-11-25/h7-15,17-18,28H,4-6,16,19-20H2,1-3H3,(H,34,38)/t28-/m1/s1. The van der Waals surface area contributed by atoms with Gasteiger partial charge in [-0.3, -0.25) is 13.9 Å². The van der Waals surface area contributed by atoms with Crippen molar-refractivity contribution in [3.05, 3.63) is 92.9 Å². The number of amides is 2. The second kappa shape index (κ2) is 14.9. The molecule has 0 aliphatic rings. The molecule has 3 rings (SSSR count). The van der Waals surface area contributed by atoms with Gasteiger partial charge in [0.25, 0.3) is 10.0 Å². The summed E-state index contributed by atoms with van der Waals surface area (Å²) in [4.78, 5) is 28.8. The molecule has 0 aliphatic carbocycles. The minimum Gasteiger partial charge on any atom is -0.354 e. The molecule has 1 atom stereocenters. The number of carbonyl (C=O) groups is 2. The van der Waals surface area contributed by atoms with E-state index in [0.29, 0.717) is 33.6 Å². The van der Waals surface area contributed by atoms with Gasteiger partial charge in [-0.15, -0.1) is 0 Å². The van der Waals surface area contributed by atoms with E-state index >= 15 is 0 Å². The Hall–Kier alpha value is -2.78. The third kappa shape index (κ3) is 8.38. The van der Waals surface area contributed by atoms with Crippen molar-refractivity contribution in [2.75, 3.05) is 17.4 Å². The number of nitrogens with one attached hydrogen (secondary N) is 1. The van der Waals surface area contributed by atoms with E-state index in [1.54, 1.807) is 62.4 Å². The van der Waals surface area contributed by atoms with Crippen molar-refractivity contribution in [1.29, 1.82) is 0 Å². The first kappa shape index (κ1) is 32.7. The predicted molar refractivity (Wildman–Crippen MR) is 166 cm³/mol. The zero-order valence-corrected chi connectivity index (χ0v) is 26.3. The highest BCUT2D eigenvalue weighted by molar-refractivity contribution is 7.92. The van der Waals surface area contributed by atoms with E-state index in [0.717, 1.165) is 22.7 Å². The van der Waals surface area contributed by atoms with Crippen LogP contribution in [0.2, 0.25) is 15.1 Å². The highest BCUT2D eigenvalue weighted by Gasteiger charge is 2.34. The molecule has 0 saturated heterocycles. The number of halogens is 3. The van der Waals surface area contributed by atoms with E-state index in [-0.39, 0.29) is 23.0 Å². The van der Waals surface area contributed by atoms with Crippen molar-refractivity contribution in [2.45, 2.75) is 57.5 Å². The van der Waals surface area contributed by atoms with Gasteiger partial charge in [-0.1, -0.05) is 85.4 Å². The van der Waals surface area contributed by atoms with Crippen LogP contribution in [0.5, 0.6) is 0 Å². The first-order valence-electron chi connectivity index (χ1n) is 13.3. The summed E-state index contributed by atoms with van der Waals surface area (Å²) in [7, 11) is -4.19. The molecule has 7 nitrogen and oxygen atoms in total. The van der Waals surface area contributed by atoms with Crippen LogP contribution in [0.3, 0.4) is 0 Å². The summed E-state index contributed by atoms with van der Waals surface area (Å²) in [6, 6.07) is 16.7. The third-order valence-electron chi connectivity index (χ3n) is 6.62. The van der Waals surface area contributed by atoms with E-state index in [1.807, 2.05) is 6.92 Å². The Labute approximate surface area is 257 Å². The number of hydrogen-bond donors (Lipinski definition) is 1. The van der Waals surface area contributed by atoms with Crippen molar-refractivity contribution in [3.8, 4) is 0 Å². The van der Waals surface area contributed by atoms with Crippen LogP contribution >= 0.6 is 34.8 Å². The predicted octanol–water partition coefficient (Wildman–Crippen LogP) is 6.87. The summed E-state index contributed by atoms with van der Waals surface area (Å²) in [5, 5.41) is 4.01. The van der Waals surface area contributed by atoms with Crippen molar-refractivity contribution in [3.63, 3.8) is 0 Å². The minimum absolute atomic E-state index is 0.0149. The molecule has 0 aliphatic heterocycles. The first-order valence-corrected chi connectivity index (χ1v) is 15.9. The Morgan fingerprint density at radius 1 is 0.927 bits per heavy atom. The maximum atomic E-state index is 14.1. The lowest BCUT2D eigenvalue weighted by Crippen LogP contribution is -2.52. The summed E-state index contributed by atoms with van der Waals surface area (Å²) < 4.78 is 28.8. The molecule has 0 heterocycles. The van der Waals surface area contributed by atoms with Crippen molar-refractivity contribution >= 4 is 62.3 Å². The molecular formula is C30H34Cl3N3O4S. The Morgan fingerprint density at radius 3 is 2.24 bits per heavy atom. The van der Waals surface area contributed by atoms with E-state index in [9.17, 15) is 18.0 Å². The molecule has 41 heavy (non-hydrogen) atoms. The Bertz CT molecular complexity index is 1470. The van der Waals surface area contributed by atoms with Crippen LogP contribution in [-0.2, 0) is 26.2 Å². The fourth-order valence-corrected chi connectivity index (χ4v) is 6.31. The normalized spacial score (nSPS) is 12.0. The number of aryl methyl sites for hydroxylation is 1. The quantitative estimate of drug-likeness (QED) is 0.207. The van der Waals surface area contributed by atoms with Gasteiger partial charge in [-0.25, -0.2) is 8.42 Å². The first-order chi connectivity index (χ1) is 19.5. The number of sulfonamides is 1. The van der Waals surface area contributed by atoms with Crippen LogP contribution in [0.25, 0.3) is 0 Å². The highest BCUT2D eigenvalue weighted by Crippen LogP contribution is 2.29. The SMILES string of the molecule is CCCCNC(=O)[C@@H](CC)N(Cc1ccc(Cl)cc1Cl)C(=O)CN(c1ccc(C)c(Cl)c1)S(=O)(=O)c1ccccc1. The zero-order chi connectivity index (χ0) is 30.2. The molecule has 2 amide bonds.